The van der Waals surface area contributed by atoms with Gasteiger partial charge in [0.2, 0.25) is 5.88 Å². The van der Waals surface area contributed by atoms with Gasteiger partial charge in [0.1, 0.15) is 5.75 Å². The number of fused-ring (bicyclic) bond motifs is 2. The van der Waals surface area contributed by atoms with Crippen LogP contribution in [-0.2, 0) is 19.5 Å². The molecule has 2 aliphatic heterocycles. The Morgan fingerprint density at radius 1 is 1.03 bits per heavy atom. The van der Waals surface area contributed by atoms with Gasteiger partial charge in [-0.15, -0.1) is 0 Å². The number of pyridine rings is 1. The Kier molecular flexibility index (Phi) is 5.51. The standard InChI is InChI=1S/C24H27N5O2/c1-30-19-7-6-16-11-17(24(31-2)28-22(16)12-19)14-29-10-8-20-18(15-29)13-26-23(27-20)21-5-3-4-9-25-21/h6-7,11-13H,3-5,8-10,14-15H2,1-2H3. The van der Waals surface area contributed by atoms with E-state index < -0.39 is 0 Å². The molecule has 0 unspecified atom stereocenters. The summed E-state index contributed by atoms with van der Waals surface area (Å²) in [5.41, 5.74) is 5.38. The van der Waals surface area contributed by atoms with E-state index in [-0.39, 0.29) is 0 Å². The highest BCUT2D eigenvalue weighted by Gasteiger charge is 2.22. The van der Waals surface area contributed by atoms with Crippen LogP contribution in [0.4, 0.5) is 0 Å². The molecule has 0 radical (unpaired) electrons. The van der Waals surface area contributed by atoms with Gasteiger partial charge in [0.25, 0.3) is 0 Å². The highest BCUT2D eigenvalue weighted by molar-refractivity contribution is 5.97. The lowest BCUT2D eigenvalue weighted by Crippen LogP contribution is -2.31. The number of aromatic nitrogens is 3. The van der Waals surface area contributed by atoms with Crippen molar-refractivity contribution < 1.29 is 9.47 Å². The van der Waals surface area contributed by atoms with Gasteiger partial charge in [0.05, 0.1) is 31.1 Å². The van der Waals surface area contributed by atoms with Crippen LogP contribution in [-0.4, -0.2) is 52.9 Å². The summed E-state index contributed by atoms with van der Waals surface area (Å²) in [5.74, 6) is 2.28. The van der Waals surface area contributed by atoms with Gasteiger partial charge in [0.15, 0.2) is 5.82 Å². The van der Waals surface area contributed by atoms with Gasteiger partial charge in [-0.2, -0.15) is 0 Å². The third kappa shape index (κ3) is 4.10. The zero-order chi connectivity index (χ0) is 21.2. The van der Waals surface area contributed by atoms with Crippen molar-refractivity contribution in [2.45, 2.75) is 38.8 Å². The Balaban J connectivity index is 1.36. The van der Waals surface area contributed by atoms with Crippen LogP contribution in [0.3, 0.4) is 0 Å². The Morgan fingerprint density at radius 3 is 2.77 bits per heavy atom. The van der Waals surface area contributed by atoms with Gasteiger partial charge in [-0.1, -0.05) is 0 Å². The van der Waals surface area contributed by atoms with Crippen LogP contribution in [0.1, 0.15) is 41.9 Å². The molecule has 0 N–H and O–H groups in total. The molecule has 4 heterocycles. The molecule has 0 saturated heterocycles. The number of aliphatic imine (C=N–C) groups is 1. The number of methoxy groups -OCH3 is 2. The second-order valence-electron chi connectivity index (χ2n) is 8.13. The zero-order valence-electron chi connectivity index (χ0n) is 18.1. The van der Waals surface area contributed by atoms with Crippen molar-refractivity contribution in [1.82, 2.24) is 19.9 Å². The molecule has 5 rings (SSSR count). The van der Waals surface area contributed by atoms with Crippen molar-refractivity contribution in [3.8, 4) is 11.6 Å². The Morgan fingerprint density at radius 2 is 1.97 bits per heavy atom. The first kappa shape index (κ1) is 19.9. The normalized spacial score (nSPS) is 16.6. The first-order valence-electron chi connectivity index (χ1n) is 10.9. The molecule has 160 valence electrons. The van der Waals surface area contributed by atoms with Crippen LogP contribution in [0.15, 0.2) is 35.5 Å². The summed E-state index contributed by atoms with van der Waals surface area (Å²) in [4.78, 5) is 21.2. The average molecular weight is 418 g/mol. The lowest BCUT2D eigenvalue weighted by Gasteiger charge is -2.28. The maximum atomic E-state index is 5.60. The van der Waals surface area contributed by atoms with Crippen molar-refractivity contribution >= 4 is 16.6 Å². The van der Waals surface area contributed by atoms with Crippen LogP contribution in [0.2, 0.25) is 0 Å². The molecule has 7 nitrogen and oxygen atoms in total. The van der Waals surface area contributed by atoms with Gasteiger partial charge in [0, 0.05) is 61.4 Å². The highest BCUT2D eigenvalue weighted by atomic mass is 16.5. The number of benzene rings is 1. The molecule has 0 spiro atoms. The van der Waals surface area contributed by atoms with Crippen LogP contribution >= 0.6 is 0 Å². The van der Waals surface area contributed by atoms with E-state index in [2.05, 4.69) is 20.9 Å². The van der Waals surface area contributed by atoms with Crippen LogP contribution in [0, 0.1) is 0 Å². The monoisotopic (exact) mass is 417 g/mol. The SMILES string of the molecule is COc1ccc2cc(CN3CCc4nc(C5=NCCCC5)ncc4C3)c(OC)nc2c1. The molecule has 1 aromatic carbocycles. The van der Waals surface area contributed by atoms with Crippen molar-refractivity contribution in [3.63, 3.8) is 0 Å². The van der Waals surface area contributed by atoms with E-state index in [0.717, 1.165) is 78.5 Å². The molecule has 31 heavy (non-hydrogen) atoms. The van der Waals surface area contributed by atoms with E-state index >= 15 is 0 Å². The number of hydrogen-bond donors (Lipinski definition) is 0. The van der Waals surface area contributed by atoms with E-state index in [1.54, 1.807) is 14.2 Å². The molecule has 0 aliphatic carbocycles. The van der Waals surface area contributed by atoms with Gasteiger partial charge >= 0.3 is 0 Å². The summed E-state index contributed by atoms with van der Waals surface area (Å²) < 4.78 is 10.9. The molecular weight excluding hydrogens is 390 g/mol. The summed E-state index contributed by atoms with van der Waals surface area (Å²) >= 11 is 0. The Hall–Kier alpha value is -3.06. The molecule has 0 saturated carbocycles. The molecule has 0 atom stereocenters. The van der Waals surface area contributed by atoms with Crippen molar-refractivity contribution in [2.75, 3.05) is 27.3 Å². The molecule has 2 aromatic heterocycles. The predicted octanol–water partition coefficient (Wildman–Crippen LogP) is 3.57. The van der Waals surface area contributed by atoms with E-state index in [4.69, 9.17) is 19.4 Å². The summed E-state index contributed by atoms with van der Waals surface area (Å²) in [6.45, 7) is 3.44. The fourth-order valence-corrected chi connectivity index (χ4v) is 4.36. The minimum atomic E-state index is 0.661. The number of ether oxygens (including phenoxy) is 2. The lowest BCUT2D eigenvalue weighted by atomic mass is 10.0. The molecular formula is C24H27N5O2. The first-order chi connectivity index (χ1) is 15.2. The van der Waals surface area contributed by atoms with Gasteiger partial charge < -0.3 is 9.47 Å². The number of nitrogens with zero attached hydrogens (tertiary/aromatic N) is 5. The van der Waals surface area contributed by atoms with Crippen LogP contribution in [0.25, 0.3) is 10.9 Å². The van der Waals surface area contributed by atoms with E-state index in [0.29, 0.717) is 5.88 Å². The minimum Gasteiger partial charge on any atom is -0.497 e. The molecule has 7 heteroatoms. The molecule has 2 aliphatic rings. The first-order valence-corrected chi connectivity index (χ1v) is 10.9. The maximum Gasteiger partial charge on any atom is 0.218 e. The van der Waals surface area contributed by atoms with Gasteiger partial charge in [-0.05, 0) is 37.5 Å². The van der Waals surface area contributed by atoms with Crippen molar-refractivity contribution in [3.05, 3.63) is 53.1 Å². The van der Waals surface area contributed by atoms with Crippen LogP contribution < -0.4 is 9.47 Å². The fourth-order valence-electron chi connectivity index (χ4n) is 4.36. The maximum absolute atomic E-state index is 5.60. The highest BCUT2D eigenvalue weighted by Crippen LogP contribution is 2.28. The quantitative estimate of drug-likeness (QED) is 0.632. The van der Waals surface area contributed by atoms with E-state index in [1.165, 1.54) is 18.4 Å². The largest absolute Gasteiger partial charge is 0.497 e. The van der Waals surface area contributed by atoms with E-state index in [1.807, 2.05) is 24.4 Å². The average Bonchev–Trinajstić information content (AvgIpc) is 2.83. The van der Waals surface area contributed by atoms with Crippen molar-refractivity contribution in [2.24, 2.45) is 4.99 Å². The number of hydrogen-bond acceptors (Lipinski definition) is 7. The smallest absolute Gasteiger partial charge is 0.218 e. The summed E-state index contributed by atoms with van der Waals surface area (Å²) in [5, 5.41) is 1.08. The topological polar surface area (TPSA) is 72.7 Å². The second-order valence-corrected chi connectivity index (χ2v) is 8.13. The molecule has 0 fully saturated rings. The Labute approximate surface area is 182 Å². The summed E-state index contributed by atoms with van der Waals surface area (Å²) in [6, 6.07) is 8.10. The summed E-state index contributed by atoms with van der Waals surface area (Å²) in [6.07, 6.45) is 6.25. The minimum absolute atomic E-state index is 0.661. The van der Waals surface area contributed by atoms with Crippen LogP contribution in [0.5, 0.6) is 11.6 Å². The number of rotatable bonds is 5. The molecule has 0 amide bonds. The second kappa shape index (κ2) is 8.59. The zero-order valence-corrected chi connectivity index (χ0v) is 18.1. The lowest BCUT2D eigenvalue weighted by molar-refractivity contribution is 0.238. The third-order valence-corrected chi connectivity index (χ3v) is 6.05. The molecule has 0 bridgehead atoms. The third-order valence-electron chi connectivity index (χ3n) is 6.05. The predicted molar refractivity (Wildman–Crippen MR) is 120 cm³/mol. The van der Waals surface area contributed by atoms with Crippen molar-refractivity contribution in [1.29, 1.82) is 0 Å². The van der Waals surface area contributed by atoms with E-state index in [9.17, 15) is 0 Å². The molecule has 3 aromatic rings. The fraction of sp³-hybridized carbons (Fsp3) is 0.417. The van der Waals surface area contributed by atoms with Gasteiger partial charge in [-0.25, -0.2) is 15.0 Å². The Bertz CT molecular complexity index is 1140. The summed E-state index contributed by atoms with van der Waals surface area (Å²) in [7, 11) is 3.34. The van der Waals surface area contributed by atoms with Gasteiger partial charge in [-0.3, -0.25) is 9.89 Å².